The number of carbonyl (C=O) groups is 1. The Morgan fingerprint density at radius 3 is 2.57 bits per heavy atom. The Hall–Kier alpha value is -1.83. The second kappa shape index (κ2) is 7.26. The van der Waals surface area contributed by atoms with Gasteiger partial charge in [0.25, 0.3) is 0 Å². The molecule has 1 rings (SSSR count). The summed E-state index contributed by atoms with van der Waals surface area (Å²) in [5.41, 5.74) is 0.583. The summed E-state index contributed by atoms with van der Waals surface area (Å²) in [7, 11) is 2.89. The number of nitrogens with one attached hydrogen (secondary N) is 1. The van der Waals surface area contributed by atoms with E-state index < -0.39 is 24.4 Å². The molecular formula is C13H16F4N2O2. The number of halogens is 4. The van der Waals surface area contributed by atoms with Crippen LogP contribution in [0.15, 0.2) is 18.2 Å². The van der Waals surface area contributed by atoms with Crippen LogP contribution in [0.4, 0.5) is 17.6 Å². The second-order valence-electron chi connectivity index (χ2n) is 4.53. The molecule has 1 aromatic carbocycles. The number of amides is 1. The molecule has 0 aromatic heterocycles. The molecule has 0 aliphatic heterocycles. The minimum absolute atomic E-state index is 0.101. The van der Waals surface area contributed by atoms with Crippen LogP contribution in [0.5, 0.6) is 5.75 Å². The summed E-state index contributed by atoms with van der Waals surface area (Å²) < 4.78 is 54.0. The highest BCUT2D eigenvalue weighted by Gasteiger charge is 2.27. The number of carbonyl (C=O) groups excluding carboxylic acids is 1. The first-order valence-corrected chi connectivity index (χ1v) is 6.05. The van der Waals surface area contributed by atoms with Gasteiger partial charge in [-0.1, -0.05) is 6.07 Å². The first-order chi connectivity index (χ1) is 9.71. The fourth-order valence-electron chi connectivity index (χ4n) is 1.68. The fraction of sp³-hybridized carbons (Fsp3) is 0.462. The lowest BCUT2D eigenvalue weighted by molar-refractivity contribution is -0.138. The van der Waals surface area contributed by atoms with E-state index in [1.165, 1.54) is 24.1 Å². The maximum absolute atomic E-state index is 13.5. The number of benzene rings is 1. The molecule has 4 nitrogen and oxygen atoms in total. The number of rotatable bonds is 6. The second-order valence-corrected chi connectivity index (χ2v) is 4.53. The molecule has 118 valence electrons. The van der Waals surface area contributed by atoms with Gasteiger partial charge in [0, 0.05) is 6.54 Å². The maximum Gasteiger partial charge on any atom is 0.405 e. The van der Waals surface area contributed by atoms with Crippen molar-refractivity contribution in [1.29, 1.82) is 0 Å². The van der Waals surface area contributed by atoms with E-state index in [9.17, 15) is 22.4 Å². The van der Waals surface area contributed by atoms with Gasteiger partial charge in [-0.25, -0.2) is 4.39 Å². The van der Waals surface area contributed by atoms with E-state index in [0.717, 1.165) is 0 Å². The van der Waals surface area contributed by atoms with Gasteiger partial charge in [-0.05, 0) is 24.7 Å². The van der Waals surface area contributed by atoms with Crippen molar-refractivity contribution in [1.82, 2.24) is 10.2 Å². The van der Waals surface area contributed by atoms with Crippen LogP contribution in [-0.4, -0.2) is 44.2 Å². The van der Waals surface area contributed by atoms with Crippen molar-refractivity contribution in [3.05, 3.63) is 29.6 Å². The average Bonchev–Trinajstić information content (AvgIpc) is 2.35. The Labute approximate surface area is 119 Å². The molecule has 0 atom stereocenters. The minimum Gasteiger partial charge on any atom is -0.494 e. The highest BCUT2D eigenvalue weighted by atomic mass is 19.4. The van der Waals surface area contributed by atoms with Gasteiger partial charge in [-0.15, -0.1) is 0 Å². The first-order valence-electron chi connectivity index (χ1n) is 6.05. The van der Waals surface area contributed by atoms with Gasteiger partial charge in [-0.2, -0.15) is 13.2 Å². The molecule has 0 saturated heterocycles. The molecule has 0 heterocycles. The molecule has 0 unspecified atom stereocenters. The number of alkyl halides is 3. The van der Waals surface area contributed by atoms with E-state index >= 15 is 0 Å². The summed E-state index contributed by atoms with van der Waals surface area (Å²) in [6, 6.07) is 4.32. The van der Waals surface area contributed by atoms with Gasteiger partial charge in [0.2, 0.25) is 5.91 Å². The monoisotopic (exact) mass is 308 g/mol. The van der Waals surface area contributed by atoms with Crippen LogP contribution in [0.25, 0.3) is 0 Å². The molecule has 1 amide bonds. The third-order valence-corrected chi connectivity index (χ3v) is 2.57. The number of ether oxygens (including phenoxy) is 1. The quantitative estimate of drug-likeness (QED) is 0.817. The Balaban J connectivity index is 2.48. The summed E-state index contributed by atoms with van der Waals surface area (Å²) in [5, 5.41) is 1.77. The summed E-state index contributed by atoms with van der Waals surface area (Å²) in [6.45, 7) is -1.36. The Bertz CT molecular complexity index is 492. The molecular weight excluding hydrogens is 292 g/mol. The van der Waals surface area contributed by atoms with Crippen molar-refractivity contribution in [2.24, 2.45) is 0 Å². The fourth-order valence-corrected chi connectivity index (χ4v) is 1.68. The van der Waals surface area contributed by atoms with Crippen molar-refractivity contribution in [3.63, 3.8) is 0 Å². The van der Waals surface area contributed by atoms with Crippen LogP contribution in [0.2, 0.25) is 0 Å². The molecule has 0 radical (unpaired) electrons. The van der Waals surface area contributed by atoms with Crippen LogP contribution < -0.4 is 10.1 Å². The normalized spacial score (nSPS) is 11.6. The topological polar surface area (TPSA) is 41.6 Å². The number of hydrogen-bond donors (Lipinski definition) is 1. The zero-order chi connectivity index (χ0) is 16.0. The van der Waals surface area contributed by atoms with Crippen molar-refractivity contribution in [2.45, 2.75) is 12.7 Å². The largest absolute Gasteiger partial charge is 0.494 e. The average molecular weight is 308 g/mol. The van der Waals surface area contributed by atoms with E-state index in [2.05, 4.69) is 0 Å². The SMILES string of the molecule is COc1ccc(CN(C)CC(=O)NCC(F)(F)F)cc1F. The molecule has 21 heavy (non-hydrogen) atoms. The highest BCUT2D eigenvalue weighted by molar-refractivity contribution is 5.78. The molecule has 0 bridgehead atoms. The van der Waals surface area contributed by atoms with Gasteiger partial charge < -0.3 is 10.1 Å². The lowest BCUT2D eigenvalue weighted by Gasteiger charge is -2.17. The van der Waals surface area contributed by atoms with Crippen molar-refractivity contribution < 1.29 is 27.1 Å². The summed E-state index contributed by atoms with van der Waals surface area (Å²) in [5.74, 6) is -1.18. The predicted molar refractivity (Wildman–Crippen MR) is 68.4 cm³/mol. The van der Waals surface area contributed by atoms with E-state index in [1.54, 1.807) is 18.4 Å². The molecule has 1 aromatic rings. The van der Waals surface area contributed by atoms with E-state index in [4.69, 9.17) is 4.74 Å². The van der Waals surface area contributed by atoms with Gasteiger partial charge in [0.1, 0.15) is 6.54 Å². The van der Waals surface area contributed by atoms with Crippen LogP contribution in [-0.2, 0) is 11.3 Å². The molecule has 0 aliphatic rings. The highest BCUT2D eigenvalue weighted by Crippen LogP contribution is 2.18. The number of likely N-dealkylation sites (N-methyl/N-ethyl adjacent to an activating group) is 1. The van der Waals surface area contributed by atoms with Crippen LogP contribution in [0.1, 0.15) is 5.56 Å². The Morgan fingerprint density at radius 1 is 1.38 bits per heavy atom. The lowest BCUT2D eigenvalue weighted by atomic mass is 10.2. The first kappa shape index (κ1) is 17.2. The van der Waals surface area contributed by atoms with Crippen LogP contribution in [0, 0.1) is 5.82 Å². The molecule has 1 N–H and O–H groups in total. The zero-order valence-electron chi connectivity index (χ0n) is 11.6. The van der Waals surface area contributed by atoms with Gasteiger partial charge in [-0.3, -0.25) is 9.69 Å². The third-order valence-electron chi connectivity index (χ3n) is 2.57. The third kappa shape index (κ3) is 6.44. The smallest absolute Gasteiger partial charge is 0.405 e. The van der Waals surface area contributed by atoms with Crippen LogP contribution in [0.3, 0.4) is 0 Å². The maximum atomic E-state index is 13.5. The summed E-state index contributed by atoms with van der Waals surface area (Å²) in [4.78, 5) is 12.8. The molecule has 0 aliphatic carbocycles. The van der Waals surface area contributed by atoms with Gasteiger partial charge >= 0.3 is 6.18 Å². The number of hydrogen-bond acceptors (Lipinski definition) is 3. The molecule has 0 saturated carbocycles. The van der Waals surface area contributed by atoms with Crippen LogP contribution >= 0.6 is 0 Å². The van der Waals surface area contributed by atoms with Crippen molar-refractivity contribution in [2.75, 3.05) is 27.2 Å². The van der Waals surface area contributed by atoms with Crippen molar-refractivity contribution in [3.8, 4) is 5.75 Å². The Kier molecular flexibility index (Phi) is 5.95. The standard InChI is InChI=1S/C13H16F4N2O2/c1-19(7-12(20)18-8-13(15,16)17)6-9-3-4-11(21-2)10(14)5-9/h3-5H,6-8H2,1-2H3,(H,18,20). The van der Waals surface area contributed by atoms with Gasteiger partial charge in [0.05, 0.1) is 13.7 Å². The number of methoxy groups -OCH3 is 1. The minimum atomic E-state index is -4.44. The van der Waals surface area contributed by atoms with E-state index in [1.807, 2.05) is 0 Å². The lowest BCUT2D eigenvalue weighted by Crippen LogP contribution is -2.39. The summed E-state index contributed by atoms with van der Waals surface area (Å²) >= 11 is 0. The predicted octanol–water partition coefficient (Wildman–Crippen LogP) is 1.94. The van der Waals surface area contributed by atoms with E-state index in [0.29, 0.717) is 5.56 Å². The summed E-state index contributed by atoms with van der Waals surface area (Å²) in [6.07, 6.45) is -4.44. The number of nitrogens with zero attached hydrogens (tertiary/aromatic N) is 1. The molecule has 0 spiro atoms. The molecule has 0 fully saturated rings. The van der Waals surface area contributed by atoms with Crippen molar-refractivity contribution >= 4 is 5.91 Å². The van der Waals surface area contributed by atoms with Gasteiger partial charge in [0.15, 0.2) is 11.6 Å². The zero-order valence-corrected chi connectivity index (χ0v) is 11.6. The molecule has 8 heteroatoms. The van der Waals surface area contributed by atoms with E-state index in [-0.39, 0.29) is 18.8 Å². The Morgan fingerprint density at radius 2 is 2.05 bits per heavy atom.